The number of hydrogen-bond donors (Lipinski definition) is 3. The van der Waals surface area contributed by atoms with Crippen molar-refractivity contribution in [2.75, 3.05) is 45.8 Å². The Labute approximate surface area is 151 Å². The van der Waals surface area contributed by atoms with Crippen molar-refractivity contribution in [1.82, 2.24) is 20.9 Å². The van der Waals surface area contributed by atoms with Crippen LogP contribution in [0.15, 0.2) is 18.2 Å². The molecule has 1 heterocycles. The van der Waals surface area contributed by atoms with E-state index in [0.29, 0.717) is 22.2 Å². The maximum absolute atomic E-state index is 11.9. The minimum atomic E-state index is -0.357. The third kappa shape index (κ3) is 6.28. The zero-order valence-corrected chi connectivity index (χ0v) is 14.9. The van der Waals surface area contributed by atoms with Crippen molar-refractivity contribution < 1.29 is 9.59 Å². The van der Waals surface area contributed by atoms with Gasteiger partial charge in [-0.2, -0.15) is 0 Å². The Kier molecular flexibility index (Phi) is 7.78. The average Bonchev–Trinajstić information content (AvgIpc) is 2.60. The topological polar surface area (TPSA) is 73.5 Å². The van der Waals surface area contributed by atoms with Gasteiger partial charge in [-0.15, -0.1) is 0 Å². The summed E-state index contributed by atoms with van der Waals surface area (Å²) in [6.07, 6.45) is 0.895. The summed E-state index contributed by atoms with van der Waals surface area (Å²) in [5.74, 6) is -0.562. The molecule has 0 saturated carbocycles. The molecule has 0 bridgehead atoms. The Morgan fingerprint density at radius 3 is 2.58 bits per heavy atom. The van der Waals surface area contributed by atoms with Crippen LogP contribution in [0.3, 0.4) is 0 Å². The summed E-state index contributed by atoms with van der Waals surface area (Å²) in [6, 6.07) is 4.59. The van der Waals surface area contributed by atoms with Gasteiger partial charge >= 0.3 is 0 Å². The number of rotatable bonds is 7. The smallest absolute Gasteiger partial charge is 0.251 e. The summed E-state index contributed by atoms with van der Waals surface area (Å²) in [5.41, 5.74) is 0.371. The van der Waals surface area contributed by atoms with Crippen molar-refractivity contribution >= 4 is 35.0 Å². The lowest BCUT2D eigenvalue weighted by atomic mass is 10.2. The number of nitrogens with zero attached hydrogens (tertiary/aromatic N) is 1. The first-order valence-electron chi connectivity index (χ1n) is 7.99. The Morgan fingerprint density at radius 2 is 1.88 bits per heavy atom. The molecule has 0 atom stereocenters. The summed E-state index contributed by atoms with van der Waals surface area (Å²) in [6.45, 7) is 5.65. The molecular formula is C16H22Cl2N4O2. The molecule has 1 aliphatic heterocycles. The lowest BCUT2D eigenvalue weighted by Gasteiger charge is -2.27. The van der Waals surface area contributed by atoms with E-state index in [4.69, 9.17) is 23.2 Å². The molecule has 1 saturated heterocycles. The number of benzene rings is 1. The Hall–Kier alpha value is -1.34. The highest BCUT2D eigenvalue weighted by atomic mass is 35.5. The second-order valence-corrected chi connectivity index (χ2v) is 6.42. The van der Waals surface area contributed by atoms with Crippen LogP contribution in [0.4, 0.5) is 0 Å². The lowest BCUT2D eigenvalue weighted by Crippen LogP contribution is -2.44. The zero-order chi connectivity index (χ0) is 17.4. The largest absolute Gasteiger partial charge is 0.355 e. The van der Waals surface area contributed by atoms with Gasteiger partial charge in [-0.3, -0.25) is 9.59 Å². The minimum absolute atomic E-state index is 0.0628. The molecule has 132 valence electrons. The molecule has 1 aromatic rings. The normalized spacial score (nSPS) is 15.1. The molecule has 1 aromatic carbocycles. The molecule has 24 heavy (non-hydrogen) atoms. The van der Waals surface area contributed by atoms with Gasteiger partial charge in [0.1, 0.15) is 0 Å². The van der Waals surface area contributed by atoms with Gasteiger partial charge in [0.15, 0.2) is 0 Å². The first-order valence-corrected chi connectivity index (χ1v) is 8.75. The van der Waals surface area contributed by atoms with E-state index < -0.39 is 0 Å². The van der Waals surface area contributed by atoms with Crippen LogP contribution < -0.4 is 16.0 Å². The van der Waals surface area contributed by atoms with Crippen LogP contribution >= 0.6 is 23.2 Å². The van der Waals surface area contributed by atoms with E-state index in [9.17, 15) is 9.59 Å². The van der Waals surface area contributed by atoms with Crippen LogP contribution in [0.1, 0.15) is 16.8 Å². The average molecular weight is 373 g/mol. The number of nitrogens with one attached hydrogen (secondary N) is 3. The molecule has 0 aliphatic carbocycles. The first kappa shape index (κ1) is 19.0. The van der Waals surface area contributed by atoms with Crippen molar-refractivity contribution in [3.05, 3.63) is 33.8 Å². The molecule has 2 rings (SSSR count). The van der Waals surface area contributed by atoms with Crippen LogP contribution in [0.2, 0.25) is 10.0 Å². The zero-order valence-electron chi connectivity index (χ0n) is 13.4. The van der Waals surface area contributed by atoms with Gasteiger partial charge in [-0.1, -0.05) is 23.2 Å². The van der Waals surface area contributed by atoms with Crippen molar-refractivity contribution in [3.63, 3.8) is 0 Å². The lowest BCUT2D eigenvalue weighted by molar-refractivity contribution is -0.120. The summed E-state index contributed by atoms with van der Waals surface area (Å²) >= 11 is 11.7. The quantitative estimate of drug-likeness (QED) is 0.627. The van der Waals surface area contributed by atoms with Crippen molar-refractivity contribution in [2.24, 2.45) is 0 Å². The van der Waals surface area contributed by atoms with Crippen molar-refractivity contribution in [1.29, 1.82) is 0 Å². The molecule has 0 aromatic heterocycles. The maximum Gasteiger partial charge on any atom is 0.251 e. The molecule has 3 N–H and O–H groups in total. The number of amides is 2. The molecule has 8 heteroatoms. The Morgan fingerprint density at radius 1 is 1.12 bits per heavy atom. The summed E-state index contributed by atoms with van der Waals surface area (Å²) in [7, 11) is 0. The van der Waals surface area contributed by atoms with Gasteiger partial charge in [-0.25, -0.2) is 0 Å². The van der Waals surface area contributed by atoms with E-state index in [1.165, 1.54) is 6.07 Å². The second-order valence-electron chi connectivity index (χ2n) is 5.61. The molecule has 0 radical (unpaired) electrons. The summed E-state index contributed by atoms with van der Waals surface area (Å²) in [4.78, 5) is 26.1. The van der Waals surface area contributed by atoms with E-state index in [2.05, 4.69) is 20.9 Å². The number of carbonyl (C=O) groups is 2. The number of piperazine rings is 1. The molecular weight excluding hydrogens is 351 g/mol. The van der Waals surface area contributed by atoms with Crippen LogP contribution in [-0.2, 0) is 4.79 Å². The predicted molar refractivity (Wildman–Crippen MR) is 95.7 cm³/mol. The fraction of sp³-hybridized carbons (Fsp3) is 0.500. The molecule has 6 nitrogen and oxygen atoms in total. The summed E-state index contributed by atoms with van der Waals surface area (Å²) in [5, 5.41) is 9.37. The van der Waals surface area contributed by atoms with Crippen molar-refractivity contribution in [2.45, 2.75) is 6.42 Å². The van der Waals surface area contributed by atoms with E-state index in [1.54, 1.807) is 12.1 Å². The van der Waals surface area contributed by atoms with E-state index in [0.717, 1.165) is 39.1 Å². The van der Waals surface area contributed by atoms with Gasteiger partial charge in [0.25, 0.3) is 5.91 Å². The molecule has 2 amide bonds. The highest BCUT2D eigenvalue weighted by Gasteiger charge is 2.11. The third-order valence-corrected chi connectivity index (χ3v) is 4.51. The van der Waals surface area contributed by atoms with E-state index in [1.807, 2.05) is 0 Å². The van der Waals surface area contributed by atoms with Crippen LogP contribution in [-0.4, -0.2) is 62.5 Å². The standard InChI is InChI=1S/C16H22Cl2N4O2/c17-13-3-2-12(10-14(13)18)16(24)21-11-15(23)20-4-1-7-22-8-5-19-6-9-22/h2-3,10,19H,1,4-9,11H2,(H,20,23)(H,21,24). The minimum Gasteiger partial charge on any atom is -0.355 e. The highest BCUT2D eigenvalue weighted by molar-refractivity contribution is 6.42. The Bertz CT molecular complexity index is 577. The summed E-state index contributed by atoms with van der Waals surface area (Å²) < 4.78 is 0. The van der Waals surface area contributed by atoms with Gasteiger partial charge in [-0.05, 0) is 31.2 Å². The Balaban J connectivity index is 1.61. The van der Waals surface area contributed by atoms with Gasteiger partial charge in [0.05, 0.1) is 16.6 Å². The molecule has 0 unspecified atom stereocenters. The fourth-order valence-electron chi connectivity index (χ4n) is 2.43. The molecule has 0 spiro atoms. The number of carbonyl (C=O) groups excluding carboxylic acids is 2. The predicted octanol–water partition coefficient (Wildman–Crippen LogP) is 1.13. The SMILES string of the molecule is O=C(CNC(=O)c1ccc(Cl)c(Cl)c1)NCCCN1CCNCC1. The highest BCUT2D eigenvalue weighted by Crippen LogP contribution is 2.22. The van der Waals surface area contributed by atoms with Crippen LogP contribution in [0, 0.1) is 0 Å². The third-order valence-electron chi connectivity index (χ3n) is 3.77. The van der Waals surface area contributed by atoms with Crippen molar-refractivity contribution in [3.8, 4) is 0 Å². The van der Waals surface area contributed by atoms with Crippen LogP contribution in [0.25, 0.3) is 0 Å². The van der Waals surface area contributed by atoms with Crippen LogP contribution in [0.5, 0.6) is 0 Å². The van der Waals surface area contributed by atoms with Gasteiger partial charge in [0.2, 0.25) is 5.91 Å². The fourth-order valence-corrected chi connectivity index (χ4v) is 2.73. The number of halogens is 2. The van der Waals surface area contributed by atoms with Gasteiger partial charge in [0, 0.05) is 38.3 Å². The molecule has 1 aliphatic rings. The molecule has 1 fully saturated rings. The van der Waals surface area contributed by atoms with E-state index in [-0.39, 0.29) is 18.4 Å². The monoisotopic (exact) mass is 372 g/mol. The second kappa shape index (κ2) is 9.84. The first-order chi connectivity index (χ1) is 11.6. The maximum atomic E-state index is 11.9. The van der Waals surface area contributed by atoms with Gasteiger partial charge < -0.3 is 20.9 Å². The van der Waals surface area contributed by atoms with E-state index >= 15 is 0 Å². The number of hydrogen-bond acceptors (Lipinski definition) is 4.